The van der Waals surface area contributed by atoms with Crippen LogP contribution in [-0.4, -0.2) is 30.5 Å². The van der Waals surface area contributed by atoms with Crippen molar-refractivity contribution in [2.24, 2.45) is 5.73 Å². The first-order valence-electron chi connectivity index (χ1n) is 7.54. The van der Waals surface area contributed by atoms with E-state index in [2.05, 4.69) is 10.3 Å². The van der Waals surface area contributed by atoms with Crippen LogP contribution in [0.3, 0.4) is 0 Å². The third-order valence-corrected chi connectivity index (χ3v) is 3.57. The molecule has 7 heteroatoms. The first-order chi connectivity index (χ1) is 12.0. The van der Waals surface area contributed by atoms with Gasteiger partial charge in [0.2, 0.25) is 0 Å². The lowest BCUT2D eigenvalue weighted by molar-refractivity contribution is -0.119. The molecule has 0 aliphatic rings. The molecule has 2 amide bonds. The van der Waals surface area contributed by atoms with Crippen molar-refractivity contribution in [1.29, 1.82) is 0 Å². The summed E-state index contributed by atoms with van der Waals surface area (Å²) in [6.45, 7) is -0.190. The Morgan fingerprint density at radius 2 is 1.80 bits per heavy atom. The van der Waals surface area contributed by atoms with Gasteiger partial charge in [0.15, 0.2) is 6.61 Å². The van der Waals surface area contributed by atoms with Gasteiger partial charge < -0.3 is 25.5 Å². The van der Waals surface area contributed by atoms with Gasteiger partial charge in [0.1, 0.15) is 17.2 Å². The Morgan fingerprint density at radius 1 is 1.08 bits per heavy atom. The average molecular weight is 339 g/mol. The van der Waals surface area contributed by atoms with E-state index in [9.17, 15) is 9.59 Å². The van der Waals surface area contributed by atoms with E-state index in [1.807, 2.05) is 18.2 Å². The molecule has 7 nitrogen and oxygen atoms in total. The number of primary amides is 1. The Hall–Kier alpha value is -3.48. The van der Waals surface area contributed by atoms with E-state index in [1.165, 1.54) is 0 Å². The zero-order valence-corrected chi connectivity index (χ0v) is 13.5. The second-order valence-electron chi connectivity index (χ2n) is 5.37. The molecule has 0 atom stereocenters. The lowest BCUT2D eigenvalue weighted by atomic mass is 10.2. The molecule has 0 saturated carbocycles. The molecule has 1 aromatic heterocycles. The molecule has 3 rings (SSSR count). The smallest absolute Gasteiger partial charge is 0.272 e. The minimum absolute atomic E-state index is 0.190. The Kier molecular flexibility index (Phi) is 4.56. The first-order valence-corrected chi connectivity index (χ1v) is 7.54. The summed E-state index contributed by atoms with van der Waals surface area (Å²) in [6, 6.07) is 14.0. The van der Waals surface area contributed by atoms with E-state index in [4.69, 9.17) is 15.2 Å². The van der Waals surface area contributed by atoms with Crippen LogP contribution in [0.2, 0.25) is 0 Å². The number of benzene rings is 2. The predicted molar refractivity (Wildman–Crippen MR) is 93.9 cm³/mol. The summed E-state index contributed by atoms with van der Waals surface area (Å²) < 4.78 is 10.3. The molecule has 0 spiro atoms. The van der Waals surface area contributed by atoms with Gasteiger partial charge in [-0.2, -0.15) is 0 Å². The minimum atomic E-state index is -0.548. The lowest BCUT2D eigenvalue weighted by Gasteiger charge is -2.06. The summed E-state index contributed by atoms with van der Waals surface area (Å²) in [6.07, 6.45) is 0. The maximum absolute atomic E-state index is 12.4. The third-order valence-electron chi connectivity index (χ3n) is 3.57. The van der Waals surface area contributed by atoms with Crippen LogP contribution in [0.1, 0.15) is 10.5 Å². The standard InChI is InChI=1S/C18H17N3O4/c1-24-14-5-2-11-8-16(21-15(11)9-14)18(23)20-12-3-6-13(7-4-12)25-10-17(19)22/h2-9,21H,10H2,1H3,(H2,19,22)(H,20,23). The Balaban J connectivity index is 1.70. The van der Waals surface area contributed by atoms with Crippen LogP contribution >= 0.6 is 0 Å². The van der Waals surface area contributed by atoms with Crippen LogP contribution in [-0.2, 0) is 4.79 Å². The van der Waals surface area contributed by atoms with E-state index < -0.39 is 5.91 Å². The van der Waals surface area contributed by atoms with Gasteiger partial charge >= 0.3 is 0 Å². The highest BCUT2D eigenvalue weighted by Crippen LogP contribution is 2.22. The van der Waals surface area contributed by atoms with Crippen molar-refractivity contribution in [2.75, 3.05) is 19.0 Å². The Labute approximate surface area is 143 Å². The van der Waals surface area contributed by atoms with Crippen molar-refractivity contribution in [3.8, 4) is 11.5 Å². The van der Waals surface area contributed by atoms with E-state index in [-0.39, 0.29) is 12.5 Å². The molecule has 2 aromatic carbocycles. The van der Waals surface area contributed by atoms with Crippen LogP contribution in [0, 0.1) is 0 Å². The lowest BCUT2D eigenvalue weighted by Crippen LogP contribution is -2.20. The van der Waals surface area contributed by atoms with Gasteiger partial charge in [0.05, 0.1) is 7.11 Å². The highest BCUT2D eigenvalue weighted by atomic mass is 16.5. The highest BCUT2D eigenvalue weighted by Gasteiger charge is 2.10. The molecule has 0 saturated heterocycles. The van der Waals surface area contributed by atoms with Gasteiger partial charge in [-0.15, -0.1) is 0 Å². The summed E-state index contributed by atoms with van der Waals surface area (Å²) in [5.74, 6) is 0.399. The van der Waals surface area contributed by atoms with Crippen molar-refractivity contribution in [1.82, 2.24) is 4.98 Å². The fourth-order valence-electron chi connectivity index (χ4n) is 2.34. The van der Waals surface area contributed by atoms with Crippen LogP contribution < -0.4 is 20.5 Å². The molecule has 0 radical (unpaired) electrons. The Morgan fingerprint density at radius 3 is 2.48 bits per heavy atom. The predicted octanol–water partition coefficient (Wildman–Crippen LogP) is 2.29. The third kappa shape index (κ3) is 3.89. The number of nitrogens with one attached hydrogen (secondary N) is 2. The molecule has 128 valence electrons. The van der Waals surface area contributed by atoms with Crippen LogP contribution in [0.25, 0.3) is 10.9 Å². The number of H-pyrrole nitrogens is 1. The zero-order valence-electron chi connectivity index (χ0n) is 13.5. The number of rotatable bonds is 6. The molecule has 0 aliphatic carbocycles. The largest absolute Gasteiger partial charge is 0.497 e. The fourth-order valence-corrected chi connectivity index (χ4v) is 2.34. The zero-order chi connectivity index (χ0) is 17.8. The van der Waals surface area contributed by atoms with Crippen molar-refractivity contribution in [2.45, 2.75) is 0 Å². The Bertz CT molecular complexity index is 916. The van der Waals surface area contributed by atoms with Gasteiger partial charge in [-0.3, -0.25) is 9.59 Å². The summed E-state index contributed by atoms with van der Waals surface area (Å²) >= 11 is 0. The molecule has 4 N–H and O–H groups in total. The number of fused-ring (bicyclic) bond motifs is 1. The summed E-state index contributed by atoms with van der Waals surface area (Å²) in [7, 11) is 1.59. The average Bonchev–Trinajstić information content (AvgIpc) is 3.04. The van der Waals surface area contributed by atoms with Gasteiger partial charge in [-0.05, 0) is 42.5 Å². The molecule has 0 fully saturated rings. The maximum Gasteiger partial charge on any atom is 0.272 e. The molecule has 0 bridgehead atoms. The van der Waals surface area contributed by atoms with E-state index in [0.29, 0.717) is 22.9 Å². The van der Waals surface area contributed by atoms with Gasteiger partial charge in [-0.25, -0.2) is 0 Å². The number of methoxy groups -OCH3 is 1. The molecular formula is C18H17N3O4. The second-order valence-corrected chi connectivity index (χ2v) is 5.37. The van der Waals surface area contributed by atoms with Crippen molar-refractivity contribution in [3.05, 3.63) is 54.2 Å². The molecule has 0 unspecified atom stereocenters. The summed E-state index contributed by atoms with van der Waals surface area (Å²) in [5, 5.41) is 3.71. The summed E-state index contributed by atoms with van der Waals surface area (Å²) in [5.41, 5.74) is 6.88. The normalized spacial score (nSPS) is 10.4. The molecule has 3 aromatic rings. The number of hydrogen-bond donors (Lipinski definition) is 3. The second kappa shape index (κ2) is 6.96. The van der Waals surface area contributed by atoms with E-state index >= 15 is 0 Å². The van der Waals surface area contributed by atoms with Crippen molar-refractivity contribution >= 4 is 28.4 Å². The van der Waals surface area contributed by atoms with E-state index in [0.717, 1.165) is 10.9 Å². The topological polar surface area (TPSA) is 106 Å². The van der Waals surface area contributed by atoms with Crippen LogP contribution in [0.4, 0.5) is 5.69 Å². The molecular weight excluding hydrogens is 322 g/mol. The molecule has 0 aliphatic heterocycles. The monoisotopic (exact) mass is 339 g/mol. The number of anilines is 1. The quantitative estimate of drug-likeness (QED) is 0.640. The van der Waals surface area contributed by atoms with Gasteiger partial charge in [0.25, 0.3) is 11.8 Å². The number of hydrogen-bond acceptors (Lipinski definition) is 4. The van der Waals surface area contributed by atoms with Crippen molar-refractivity contribution in [3.63, 3.8) is 0 Å². The SMILES string of the molecule is COc1ccc2cc(C(=O)Nc3ccc(OCC(N)=O)cc3)[nH]c2c1. The summed E-state index contributed by atoms with van der Waals surface area (Å²) in [4.78, 5) is 26.1. The number of carbonyl (C=O) groups is 2. The van der Waals surface area contributed by atoms with Crippen LogP contribution in [0.5, 0.6) is 11.5 Å². The number of aromatic nitrogens is 1. The molecule has 1 heterocycles. The maximum atomic E-state index is 12.4. The van der Waals surface area contributed by atoms with E-state index in [1.54, 1.807) is 37.4 Å². The first kappa shape index (κ1) is 16.4. The number of aromatic amines is 1. The number of carbonyl (C=O) groups excluding carboxylic acids is 2. The number of ether oxygens (including phenoxy) is 2. The van der Waals surface area contributed by atoms with Gasteiger partial charge in [0, 0.05) is 22.7 Å². The highest BCUT2D eigenvalue weighted by molar-refractivity contribution is 6.06. The number of amides is 2. The van der Waals surface area contributed by atoms with Crippen LogP contribution in [0.15, 0.2) is 48.5 Å². The minimum Gasteiger partial charge on any atom is -0.497 e. The van der Waals surface area contributed by atoms with Crippen molar-refractivity contribution < 1.29 is 19.1 Å². The van der Waals surface area contributed by atoms with Gasteiger partial charge in [-0.1, -0.05) is 0 Å². The fraction of sp³-hybridized carbons (Fsp3) is 0.111. The number of nitrogens with two attached hydrogens (primary N) is 1. The molecule has 25 heavy (non-hydrogen) atoms.